The first-order valence-corrected chi connectivity index (χ1v) is 9.81. The van der Waals surface area contributed by atoms with Gasteiger partial charge in [0, 0.05) is 30.1 Å². The molecule has 4 rings (SSSR count). The van der Waals surface area contributed by atoms with Crippen molar-refractivity contribution in [3.05, 3.63) is 70.1 Å². The molecule has 1 aromatic heterocycles. The minimum atomic E-state index is -0.0518. The number of carbonyl (C=O) groups is 1. The van der Waals surface area contributed by atoms with E-state index in [1.165, 1.54) is 0 Å². The van der Waals surface area contributed by atoms with Gasteiger partial charge in [-0.2, -0.15) is 4.98 Å². The summed E-state index contributed by atoms with van der Waals surface area (Å²) in [7, 11) is 0. The zero-order chi connectivity index (χ0) is 19.7. The van der Waals surface area contributed by atoms with Gasteiger partial charge in [-0.3, -0.25) is 4.79 Å². The Bertz CT molecular complexity index is 997. The molecule has 6 heteroatoms. The van der Waals surface area contributed by atoms with Crippen molar-refractivity contribution in [2.24, 2.45) is 0 Å². The molecule has 0 aliphatic carbocycles. The molecular weight excluding hydrogens is 374 g/mol. The zero-order valence-electron chi connectivity index (χ0n) is 16.0. The molecule has 0 N–H and O–H groups in total. The quantitative estimate of drug-likeness (QED) is 0.635. The van der Waals surface area contributed by atoms with Crippen molar-refractivity contribution in [1.82, 2.24) is 15.0 Å². The highest BCUT2D eigenvalue weighted by Crippen LogP contribution is 2.30. The zero-order valence-corrected chi connectivity index (χ0v) is 16.7. The van der Waals surface area contributed by atoms with E-state index in [2.05, 4.69) is 28.3 Å². The van der Waals surface area contributed by atoms with E-state index in [4.69, 9.17) is 16.1 Å². The van der Waals surface area contributed by atoms with Crippen molar-refractivity contribution in [2.75, 3.05) is 13.1 Å². The molecule has 0 spiro atoms. The van der Waals surface area contributed by atoms with Crippen LogP contribution in [0.3, 0.4) is 0 Å². The number of rotatable bonds is 5. The van der Waals surface area contributed by atoms with Gasteiger partial charge in [0.1, 0.15) is 0 Å². The average molecular weight is 396 g/mol. The second-order valence-corrected chi connectivity index (χ2v) is 7.83. The van der Waals surface area contributed by atoms with Crippen molar-refractivity contribution in [3.63, 3.8) is 0 Å². The summed E-state index contributed by atoms with van der Waals surface area (Å²) >= 11 is 5.93. The molecule has 1 amide bonds. The molecule has 1 atom stereocenters. The Kier molecular flexibility index (Phi) is 5.18. The first kappa shape index (κ1) is 18.7. The molecule has 5 nitrogen and oxygen atoms in total. The predicted octanol–water partition coefficient (Wildman–Crippen LogP) is 4.57. The summed E-state index contributed by atoms with van der Waals surface area (Å²) in [4.78, 5) is 18.9. The highest BCUT2D eigenvalue weighted by atomic mass is 35.5. The van der Waals surface area contributed by atoms with Gasteiger partial charge in [0.25, 0.3) is 0 Å². The third-order valence-electron chi connectivity index (χ3n) is 5.22. The van der Waals surface area contributed by atoms with Crippen LogP contribution in [-0.4, -0.2) is 34.0 Å². The molecule has 0 radical (unpaired) electrons. The van der Waals surface area contributed by atoms with Gasteiger partial charge in [0.15, 0.2) is 0 Å². The van der Waals surface area contributed by atoms with Crippen LogP contribution in [0.2, 0.25) is 5.02 Å². The van der Waals surface area contributed by atoms with Crippen LogP contribution in [-0.2, 0) is 11.2 Å². The second kappa shape index (κ2) is 7.76. The minimum Gasteiger partial charge on any atom is -0.342 e. The van der Waals surface area contributed by atoms with Crippen molar-refractivity contribution in [2.45, 2.75) is 32.6 Å². The highest BCUT2D eigenvalue weighted by molar-refractivity contribution is 6.30. The number of carbonyl (C=O) groups excluding carboxylic acids is 1. The Balaban J connectivity index is 1.43. The first-order chi connectivity index (χ1) is 13.5. The first-order valence-electron chi connectivity index (χ1n) is 9.43. The molecule has 0 saturated carbocycles. The Labute approximate surface area is 169 Å². The maximum absolute atomic E-state index is 12.4. The Morgan fingerprint density at radius 2 is 1.96 bits per heavy atom. The maximum atomic E-state index is 12.4. The number of hydrogen-bond acceptors (Lipinski definition) is 4. The normalized spacial score (nSPS) is 16.8. The summed E-state index contributed by atoms with van der Waals surface area (Å²) in [5.41, 5.74) is 4.39. The molecule has 1 unspecified atom stereocenters. The van der Waals surface area contributed by atoms with Gasteiger partial charge in [-0.05, 0) is 49.6 Å². The third kappa shape index (κ3) is 3.94. The predicted molar refractivity (Wildman–Crippen MR) is 108 cm³/mol. The lowest BCUT2D eigenvalue weighted by atomic mass is 10.1. The second-order valence-electron chi connectivity index (χ2n) is 7.39. The molecular formula is C22H22ClN3O2. The van der Waals surface area contributed by atoms with Gasteiger partial charge in [0.05, 0.1) is 5.92 Å². The van der Waals surface area contributed by atoms with Crippen molar-refractivity contribution in [1.29, 1.82) is 0 Å². The molecule has 28 heavy (non-hydrogen) atoms. The van der Waals surface area contributed by atoms with Crippen molar-refractivity contribution < 1.29 is 9.32 Å². The van der Waals surface area contributed by atoms with E-state index in [0.29, 0.717) is 31.2 Å². The summed E-state index contributed by atoms with van der Waals surface area (Å²) < 4.78 is 5.52. The van der Waals surface area contributed by atoms with Crippen molar-refractivity contribution in [3.8, 4) is 11.4 Å². The van der Waals surface area contributed by atoms with Crippen LogP contribution in [0.1, 0.15) is 34.9 Å². The molecule has 1 saturated heterocycles. The lowest BCUT2D eigenvalue weighted by Gasteiger charge is -2.15. The Morgan fingerprint density at radius 3 is 2.75 bits per heavy atom. The summed E-state index contributed by atoms with van der Waals surface area (Å²) in [6, 6.07) is 13.9. The fraction of sp³-hybridized carbons (Fsp3) is 0.318. The van der Waals surface area contributed by atoms with E-state index in [0.717, 1.165) is 33.7 Å². The van der Waals surface area contributed by atoms with E-state index < -0.39 is 0 Å². The largest absolute Gasteiger partial charge is 0.342 e. The van der Waals surface area contributed by atoms with Gasteiger partial charge in [0.2, 0.25) is 17.6 Å². The van der Waals surface area contributed by atoms with Crippen LogP contribution in [0.25, 0.3) is 11.4 Å². The van der Waals surface area contributed by atoms with E-state index in [1.54, 1.807) is 0 Å². The summed E-state index contributed by atoms with van der Waals surface area (Å²) in [6.07, 6.45) is 1.21. The molecule has 1 aliphatic heterocycles. The Morgan fingerprint density at radius 1 is 1.18 bits per heavy atom. The monoisotopic (exact) mass is 395 g/mol. The number of amides is 1. The number of hydrogen-bond donors (Lipinski definition) is 0. The Hall–Kier alpha value is -2.66. The number of halogens is 1. The van der Waals surface area contributed by atoms with Gasteiger partial charge in [-0.25, -0.2) is 0 Å². The van der Waals surface area contributed by atoms with E-state index >= 15 is 0 Å². The smallest absolute Gasteiger partial charge is 0.232 e. The van der Waals surface area contributed by atoms with Gasteiger partial charge in [-0.15, -0.1) is 0 Å². The van der Waals surface area contributed by atoms with Gasteiger partial charge < -0.3 is 9.42 Å². The van der Waals surface area contributed by atoms with E-state index in [1.807, 2.05) is 43.0 Å². The lowest BCUT2D eigenvalue weighted by molar-refractivity contribution is -0.127. The average Bonchev–Trinajstić information content (AvgIpc) is 3.30. The lowest BCUT2D eigenvalue weighted by Crippen LogP contribution is -2.27. The molecule has 1 aliphatic rings. The summed E-state index contributed by atoms with van der Waals surface area (Å²) in [5, 5.41) is 4.88. The van der Waals surface area contributed by atoms with Gasteiger partial charge in [-0.1, -0.05) is 46.6 Å². The molecule has 0 bridgehead atoms. The van der Waals surface area contributed by atoms with E-state index in [9.17, 15) is 4.79 Å². The van der Waals surface area contributed by atoms with Crippen LogP contribution in [0.5, 0.6) is 0 Å². The summed E-state index contributed by atoms with van der Waals surface area (Å²) in [6.45, 7) is 5.36. The van der Waals surface area contributed by atoms with E-state index in [-0.39, 0.29) is 11.8 Å². The fourth-order valence-electron chi connectivity index (χ4n) is 3.56. The SMILES string of the molecule is Cc1ccc(C)c(-c2noc(C3CC(=O)N(CCc4ccc(Cl)cc4)C3)n2)c1. The number of aromatic nitrogens is 2. The standard InChI is InChI=1S/C22H22ClN3O2/c1-14-3-4-15(2)19(11-14)21-24-22(28-25-21)17-12-20(27)26(13-17)10-9-16-5-7-18(23)8-6-16/h3-8,11,17H,9-10,12-13H2,1-2H3. The van der Waals surface area contributed by atoms with Crippen LogP contribution >= 0.6 is 11.6 Å². The van der Waals surface area contributed by atoms with Crippen molar-refractivity contribution >= 4 is 17.5 Å². The number of likely N-dealkylation sites (tertiary alicyclic amines) is 1. The van der Waals surface area contributed by atoms with Gasteiger partial charge >= 0.3 is 0 Å². The third-order valence-corrected chi connectivity index (χ3v) is 5.48. The molecule has 2 aromatic carbocycles. The van der Waals surface area contributed by atoms with Crippen LogP contribution < -0.4 is 0 Å². The molecule has 2 heterocycles. The highest BCUT2D eigenvalue weighted by Gasteiger charge is 2.34. The van der Waals surface area contributed by atoms with Crippen LogP contribution in [0, 0.1) is 13.8 Å². The van der Waals surface area contributed by atoms with Crippen LogP contribution in [0.15, 0.2) is 47.0 Å². The molecule has 3 aromatic rings. The molecule has 144 valence electrons. The summed E-state index contributed by atoms with van der Waals surface area (Å²) in [5.74, 6) is 1.20. The number of nitrogens with zero attached hydrogens (tertiary/aromatic N) is 3. The topological polar surface area (TPSA) is 59.2 Å². The molecule has 1 fully saturated rings. The number of aryl methyl sites for hydroxylation is 2. The number of benzene rings is 2. The minimum absolute atomic E-state index is 0.0518. The maximum Gasteiger partial charge on any atom is 0.232 e. The van der Waals surface area contributed by atoms with Crippen LogP contribution in [0.4, 0.5) is 0 Å². The fourth-order valence-corrected chi connectivity index (χ4v) is 3.68.